The Morgan fingerprint density at radius 3 is 2.03 bits per heavy atom. The highest BCUT2D eigenvalue weighted by molar-refractivity contribution is 5.96. The number of ether oxygens (including phenoxy) is 8. The largest absolute Gasteiger partial charge is 0.456 e. The summed E-state index contributed by atoms with van der Waals surface area (Å²) in [7, 11) is 1.50. The number of esters is 4. The maximum atomic E-state index is 16.0. The predicted molar refractivity (Wildman–Crippen MR) is 239 cm³/mol. The van der Waals surface area contributed by atoms with E-state index < -0.39 is 113 Å². The molecule has 1 saturated heterocycles. The molecule has 3 N–H and O–H groups in total. The molecular formula is C51H59NO16. The number of carbonyl (C=O) groups is 6. The van der Waals surface area contributed by atoms with Gasteiger partial charge in [0.15, 0.2) is 23.6 Å². The molecule has 0 aromatic heterocycles. The SMILES string of the molecule is COCCOCO[C@H]1C[C@H]2OC[C@@]2(OC(C)=O)C2[C@H](OC(=O)c3ccccc3)[C@]3(O)C[C@H](OC(=O)[C@H](O)[C@@H](NC(=O)c4ccccc4)c4ccccc4)C(C)=C([C@@H](OC(C)=O)C(=O)[C@@]21C)C3(C)C. The van der Waals surface area contributed by atoms with Crippen molar-refractivity contribution in [1.29, 1.82) is 0 Å². The molecule has 1 amide bonds. The van der Waals surface area contributed by atoms with Gasteiger partial charge in [0.2, 0.25) is 0 Å². The van der Waals surface area contributed by atoms with Gasteiger partial charge in [-0.2, -0.15) is 0 Å². The van der Waals surface area contributed by atoms with Crippen LogP contribution in [0.2, 0.25) is 0 Å². The maximum absolute atomic E-state index is 16.0. The molecular weight excluding hydrogens is 883 g/mol. The molecule has 17 nitrogen and oxygen atoms in total. The lowest BCUT2D eigenvalue weighted by atomic mass is 9.44. The number of aliphatic hydroxyl groups excluding tert-OH is 1. The minimum atomic E-state index is -2.39. The molecule has 1 aliphatic heterocycles. The standard InChI is InChI=1S/C51H59NO16/c1-29-35(66-47(59)40(55)39(32-17-11-8-12-18-32)52-45(57)33-19-13-9-14-20-33)26-51(60)44(67-46(58)34-21-15-10-16-22-34)42-49(6,43(56)41(65-30(2)53)38(29)48(51,4)5)36(64-28-62-24-23-61-7)25-37-50(42,27-63-37)68-31(3)54/h8-22,35-37,39-42,44,55,60H,23-28H2,1-7H3,(H,52,57)/t35-,36-,37+,39-,40+,41+,42?,44-,49+,50-,51+/m0/s1. The van der Waals surface area contributed by atoms with E-state index in [1.165, 1.54) is 33.1 Å². The minimum absolute atomic E-state index is 0.0276. The number of ketones is 1. The van der Waals surface area contributed by atoms with E-state index in [0.717, 1.165) is 6.92 Å². The molecule has 3 aliphatic carbocycles. The van der Waals surface area contributed by atoms with Crippen molar-refractivity contribution in [3.05, 3.63) is 119 Å². The first-order chi connectivity index (χ1) is 32.3. The van der Waals surface area contributed by atoms with Crippen molar-refractivity contribution in [2.24, 2.45) is 16.7 Å². The number of hydrogen-bond donors (Lipinski definition) is 3. The zero-order chi connectivity index (χ0) is 49.2. The van der Waals surface area contributed by atoms with Crippen LogP contribution in [0.1, 0.15) is 86.7 Å². The number of nitrogens with one attached hydrogen (secondary N) is 1. The molecule has 11 atom stereocenters. The molecule has 2 bridgehead atoms. The second kappa shape index (κ2) is 20.0. The van der Waals surface area contributed by atoms with Crippen LogP contribution in [0.5, 0.6) is 0 Å². The van der Waals surface area contributed by atoms with Gasteiger partial charge in [0.25, 0.3) is 5.91 Å². The Bertz CT molecular complexity index is 2390. The number of fused-ring (bicyclic) bond motifs is 5. The van der Waals surface area contributed by atoms with Crippen molar-refractivity contribution < 1.29 is 76.9 Å². The smallest absolute Gasteiger partial charge is 0.338 e. The molecule has 0 spiro atoms. The summed E-state index contributed by atoms with van der Waals surface area (Å²) in [5.41, 5.74) is -6.83. The van der Waals surface area contributed by atoms with E-state index in [9.17, 15) is 34.2 Å². The fourth-order valence-corrected chi connectivity index (χ4v) is 10.7. The number of aliphatic hydroxyl groups is 2. The summed E-state index contributed by atoms with van der Waals surface area (Å²) >= 11 is 0. The number of rotatable bonds is 16. The Morgan fingerprint density at radius 2 is 1.46 bits per heavy atom. The van der Waals surface area contributed by atoms with E-state index in [1.807, 2.05) is 0 Å². The van der Waals surface area contributed by atoms with Gasteiger partial charge in [-0.25, -0.2) is 9.59 Å². The summed E-state index contributed by atoms with van der Waals surface area (Å²) in [6.45, 7) is 8.28. The fourth-order valence-electron chi connectivity index (χ4n) is 10.7. The third kappa shape index (κ3) is 9.10. The van der Waals surface area contributed by atoms with Crippen LogP contribution in [-0.2, 0) is 57.1 Å². The summed E-state index contributed by atoms with van der Waals surface area (Å²) < 4.78 is 48.3. The van der Waals surface area contributed by atoms with Crippen molar-refractivity contribution in [1.82, 2.24) is 5.32 Å². The number of amides is 1. The minimum Gasteiger partial charge on any atom is -0.456 e. The zero-order valence-electron chi connectivity index (χ0n) is 39.1. The van der Waals surface area contributed by atoms with Crippen LogP contribution in [-0.4, -0.2) is 127 Å². The van der Waals surface area contributed by atoms with Gasteiger partial charge in [-0.05, 0) is 54.8 Å². The topological polar surface area (TPSA) is 229 Å². The van der Waals surface area contributed by atoms with Crippen LogP contribution in [0.25, 0.3) is 0 Å². The Labute approximate surface area is 394 Å². The molecule has 1 unspecified atom stereocenters. The third-order valence-electron chi connectivity index (χ3n) is 14.2. The van der Waals surface area contributed by atoms with Crippen LogP contribution in [0.15, 0.2) is 102 Å². The maximum Gasteiger partial charge on any atom is 0.338 e. The van der Waals surface area contributed by atoms with Crippen LogP contribution in [0, 0.1) is 16.7 Å². The number of benzene rings is 3. The average molecular weight is 942 g/mol. The number of Topliss-reactive ketones (excluding diaryl/α,β-unsaturated/α-hetero) is 1. The molecule has 17 heteroatoms. The highest BCUT2D eigenvalue weighted by atomic mass is 16.7. The lowest BCUT2D eigenvalue weighted by Gasteiger charge is -2.67. The molecule has 2 saturated carbocycles. The fraction of sp³-hybridized carbons (Fsp3) is 0.490. The molecule has 3 aromatic carbocycles. The summed E-state index contributed by atoms with van der Waals surface area (Å²) in [6.07, 6.45) is -9.86. The summed E-state index contributed by atoms with van der Waals surface area (Å²) in [5.74, 6) is -6.63. The molecule has 7 rings (SSSR count). The van der Waals surface area contributed by atoms with Gasteiger partial charge >= 0.3 is 23.9 Å². The Hall–Kier alpha value is -5.82. The van der Waals surface area contributed by atoms with E-state index in [0.29, 0.717) is 5.56 Å². The zero-order valence-corrected chi connectivity index (χ0v) is 39.1. The van der Waals surface area contributed by atoms with Crippen molar-refractivity contribution >= 4 is 35.6 Å². The first kappa shape index (κ1) is 50.1. The predicted octanol–water partition coefficient (Wildman–Crippen LogP) is 4.38. The van der Waals surface area contributed by atoms with Gasteiger partial charge in [0.1, 0.15) is 30.7 Å². The van der Waals surface area contributed by atoms with Crippen molar-refractivity contribution in [3.63, 3.8) is 0 Å². The first-order valence-electron chi connectivity index (χ1n) is 22.5. The van der Waals surface area contributed by atoms with Gasteiger partial charge < -0.3 is 53.4 Å². The first-order valence-corrected chi connectivity index (χ1v) is 22.5. The van der Waals surface area contributed by atoms with Gasteiger partial charge in [0.05, 0.1) is 48.9 Å². The number of carbonyl (C=O) groups excluding carboxylic acids is 6. The van der Waals surface area contributed by atoms with Gasteiger partial charge in [-0.1, -0.05) is 80.6 Å². The number of hydrogen-bond acceptors (Lipinski definition) is 16. The monoisotopic (exact) mass is 941 g/mol. The van der Waals surface area contributed by atoms with Crippen LogP contribution < -0.4 is 5.32 Å². The molecule has 3 aromatic rings. The summed E-state index contributed by atoms with van der Waals surface area (Å²) in [5, 5.41) is 28.6. The van der Waals surface area contributed by atoms with Crippen LogP contribution in [0.4, 0.5) is 0 Å². The Morgan fingerprint density at radius 1 is 0.838 bits per heavy atom. The summed E-state index contributed by atoms with van der Waals surface area (Å²) in [4.78, 5) is 85.1. The van der Waals surface area contributed by atoms with Crippen molar-refractivity contribution in [2.45, 2.75) is 108 Å². The normalized spacial score (nSPS) is 30.1. The number of methoxy groups -OCH3 is 1. The van der Waals surface area contributed by atoms with E-state index in [1.54, 1.807) is 99.6 Å². The molecule has 364 valence electrons. The van der Waals surface area contributed by atoms with Crippen LogP contribution in [0.3, 0.4) is 0 Å². The summed E-state index contributed by atoms with van der Waals surface area (Å²) in [6, 6.07) is 23.1. The highest BCUT2D eigenvalue weighted by Crippen LogP contribution is 2.65. The lowest BCUT2D eigenvalue weighted by Crippen LogP contribution is -2.82. The van der Waals surface area contributed by atoms with Crippen LogP contribution >= 0.6 is 0 Å². The van der Waals surface area contributed by atoms with Gasteiger partial charge in [-0.15, -0.1) is 0 Å². The average Bonchev–Trinajstić information content (AvgIpc) is 3.31. The van der Waals surface area contributed by atoms with Crippen molar-refractivity contribution in [2.75, 3.05) is 33.7 Å². The second-order valence-corrected chi connectivity index (χ2v) is 18.5. The van der Waals surface area contributed by atoms with E-state index in [4.69, 9.17) is 37.9 Å². The van der Waals surface area contributed by atoms with Gasteiger partial charge in [-0.3, -0.25) is 19.2 Å². The van der Waals surface area contributed by atoms with E-state index in [-0.39, 0.29) is 55.3 Å². The quantitative estimate of drug-likeness (QED) is 0.0595. The van der Waals surface area contributed by atoms with Gasteiger partial charge in [0, 0.05) is 44.8 Å². The van der Waals surface area contributed by atoms with E-state index in [2.05, 4.69) is 5.32 Å². The van der Waals surface area contributed by atoms with E-state index >= 15 is 4.79 Å². The Kier molecular flexibility index (Phi) is 14.7. The lowest BCUT2D eigenvalue weighted by molar-refractivity contribution is -0.351. The molecule has 1 heterocycles. The molecule has 68 heavy (non-hydrogen) atoms. The molecule has 4 aliphatic rings. The third-order valence-corrected chi connectivity index (χ3v) is 14.2. The van der Waals surface area contributed by atoms with Crippen molar-refractivity contribution in [3.8, 4) is 0 Å². The second-order valence-electron chi connectivity index (χ2n) is 18.5. The highest BCUT2D eigenvalue weighted by Gasteiger charge is 2.78. The Balaban J connectivity index is 1.40. The molecule has 0 radical (unpaired) electrons. The molecule has 3 fully saturated rings.